The van der Waals surface area contributed by atoms with Crippen molar-refractivity contribution in [3.8, 4) is 6.07 Å². The number of rotatable bonds is 4. The Bertz CT molecular complexity index is 585. The van der Waals surface area contributed by atoms with Gasteiger partial charge in [-0.05, 0) is 56.9 Å². The van der Waals surface area contributed by atoms with Crippen LogP contribution < -0.4 is 5.32 Å². The van der Waals surface area contributed by atoms with Gasteiger partial charge in [0.25, 0.3) is 0 Å². The second-order valence-corrected chi connectivity index (χ2v) is 7.66. The lowest BCUT2D eigenvalue weighted by Crippen LogP contribution is -2.50. The number of nitrogens with zero attached hydrogens (tertiary/aromatic N) is 1. The van der Waals surface area contributed by atoms with Crippen LogP contribution in [0.25, 0.3) is 0 Å². The van der Waals surface area contributed by atoms with E-state index in [0.29, 0.717) is 0 Å². The van der Waals surface area contributed by atoms with Gasteiger partial charge < -0.3 is 5.32 Å². The minimum atomic E-state index is -0.645. The Balaban J connectivity index is 1.99. The first kappa shape index (κ1) is 16.9. The maximum absolute atomic E-state index is 12.4. The topological polar surface area (TPSA) is 52.9 Å². The Morgan fingerprint density at radius 3 is 2.55 bits per heavy atom. The van der Waals surface area contributed by atoms with E-state index in [4.69, 9.17) is 0 Å². The average Bonchev–Trinajstić information content (AvgIpc) is 2.51. The highest BCUT2D eigenvalue weighted by Crippen LogP contribution is 2.30. The van der Waals surface area contributed by atoms with Gasteiger partial charge in [0.15, 0.2) is 0 Å². The monoisotopic (exact) mass is 316 g/mol. The van der Waals surface area contributed by atoms with Crippen molar-refractivity contribution in [1.29, 1.82) is 5.26 Å². The lowest BCUT2D eigenvalue weighted by molar-refractivity contribution is -0.121. The van der Waals surface area contributed by atoms with Crippen LogP contribution in [0.5, 0.6) is 0 Å². The smallest absolute Gasteiger partial charge is 0.234 e. The molecule has 0 aliphatic heterocycles. The molecule has 0 heterocycles. The summed E-state index contributed by atoms with van der Waals surface area (Å²) in [7, 11) is 0. The standard InChI is InChI=1S/C18H24N2OS/c1-13-7-8-16(11-14(13)2)22-15(3)17(21)20-18(12-19)9-5-4-6-10-18/h7-8,11,15H,4-6,9-10H2,1-3H3,(H,20,21)/t15-/m0/s1. The fraction of sp³-hybridized carbons (Fsp3) is 0.556. The highest BCUT2D eigenvalue weighted by Gasteiger charge is 2.34. The van der Waals surface area contributed by atoms with Crippen LogP contribution in [0.4, 0.5) is 0 Å². The molecule has 1 aliphatic rings. The highest BCUT2D eigenvalue weighted by molar-refractivity contribution is 8.00. The molecule has 118 valence electrons. The van der Waals surface area contributed by atoms with E-state index in [-0.39, 0.29) is 11.2 Å². The van der Waals surface area contributed by atoms with Gasteiger partial charge in [-0.2, -0.15) is 5.26 Å². The molecule has 1 aliphatic carbocycles. The van der Waals surface area contributed by atoms with Crippen LogP contribution in [0.2, 0.25) is 0 Å². The molecule has 1 amide bonds. The van der Waals surface area contributed by atoms with E-state index in [1.807, 2.05) is 6.92 Å². The predicted molar refractivity (Wildman–Crippen MR) is 90.8 cm³/mol. The van der Waals surface area contributed by atoms with Crippen molar-refractivity contribution < 1.29 is 4.79 Å². The molecule has 0 spiro atoms. The van der Waals surface area contributed by atoms with E-state index in [1.54, 1.807) is 11.8 Å². The number of amides is 1. The molecule has 1 atom stereocenters. The van der Waals surface area contributed by atoms with E-state index in [1.165, 1.54) is 11.1 Å². The van der Waals surface area contributed by atoms with Crippen molar-refractivity contribution in [2.24, 2.45) is 0 Å². The molecular formula is C18H24N2OS. The fourth-order valence-corrected chi connectivity index (χ4v) is 3.77. The van der Waals surface area contributed by atoms with E-state index >= 15 is 0 Å². The third kappa shape index (κ3) is 4.04. The van der Waals surface area contributed by atoms with Crippen LogP contribution >= 0.6 is 11.8 Å². The van der Waals surface area contributed by atoms with Gasteiger partial charge in [0, 0.05) is 4.90 Å². The summed E-state index contributed by atoms with van der Waals surface area (Å²) >= 11 is 1.55. The zero-order chi connectivity index (χ0) is 16.2. The molecule has 1 saturated carbocycles. The maximum Gasteiger partial charge on any atom is 0.234 e. The molecule has 1 aromatic carbocycles. The van der Waals surface area contributed by atoms with Gasteiger partial charge in [-0.1, -0.05) is 25.3 Å². The molecule has 1 aromatic rings. The number of hydrogen-bond donors (Lipinski definition) is 1. The van der Waals surface area contributed by atoms with Crippen molar-refractivity contribution in [2.75, 3.05) is 0 Å². The molecule has 0 unspecified atom stereocenters. The largest absolute Gasteiger partial charge is 0.337 e. The fourth-order valence-electron chi connectivity index (χ4n) is 2.80. The summed E-state index contributed by atoms with van der Waals surface area (Å²) in [5, 5.41) is 12.3. The Hall–Kier alpha value is -1.47. The van der Waals surface area contributed by atoms with Crippen LogP contribution in [-0.4, -0.2) is 16.7 Å². The number of benzene rings is 1. The maximum atomic E-state index is 12.4. The second kappa shape index (κ2) is 7.19. The lowest BCUT2D eigenvalue weighted by Gasteiger charge is -2.32. The summed E-state index contributed by atoms with van der Waals surface area (Å²) in [6.07, 6.45) is 4.75. The molecule has 0 aromatic heterocycles. The molecule has 0 saturated heterocycles. The van der Waals surface area contributed by atoms with Gasteiger partial charge in [-0.3, -0.25) is 4.79 Å². The van der Waals surface area contributed by atoms with E-state index < -0.39 is 5.54 Å². The molecule has 1 fully saturated rings. The third-order valence-corrected chi connectivity index (χ3v) is 5.54. The van der Waals surface area contributed by atoms with Crippen molar-refractivity contribution in [2.45, 2.75) is 68.6 Å². The minimum Gasteiger partial charge on any atom is -0.337 e. The Kier molecular flexibility index (Phi) is 5.52. The predicted octanol–water partition coefficient (Wildman–Crippen LogP) is 4.13. The number of nitrogens with one attached hydrogen (secondary N) is 1. The molecule has 0 radical (unpaired) electrons. The first-order valence-corrected chi connectivity index (χ1v) is 8.81. The van der Waals surface area contributed by atoms with E-state index in [9.17, 15) is 10.1 Å². The first-order valence-electron chi connectivity index (χ1n) is 7.93. The van der Waals surface area contributed by atoms with Gasteiger partial charge in [0.05, 0.1) is 11.3 Å². The van der Waals surface area contributed by atoms with Crippen LogP contribution in [0.15, 0.2) is 23.1 Å². The zero-order valence-electron chi connectivity index (χ0n) is 13.6. The van der Waals surface area contributed by atoms with Crippen LogP contribution in [0, 0.1) is 25.2 Å². The van der Waals surface area contributed by atoms with Crippen molar-refractivity contribution >= 4 is 17.7 Å². The Morgan fingerprint density at radius 2 is 1.95 bits per heavy atom. The van der Waals surface area contributed by atoms with Gasteiger partial charge in [0.2, 0.25) is 5.91 Å². The van der Waals surface area contributed by atoms with Crippen LogP contribution in [0.1, 0.15) is 50.2 Å². The van der Waals surface area contributed by atoms with Gasteiger partial charge >= 0.3 is 0 Å². The molecule has 22 heavy (non-hydrogen) atoms. The summed E-state index contributed by atoms with van der Waals surface area (Å²) in [6.45, 7) is 6.07. The number of carbonyl (C=O) groups is 1. The highest BCUT2D eigenvalue weighted by atomic mass is 32.2. The molecule has 4 heteroatoms. The lowest BCUT2D eigenvalue weighted by atomic mass is 9.83. The molecule has 0 bridgehead atoms. The second-order valence-electron chi connectivity index (χ2n) is 6.25. The average molecular weight is 316 g/mol. The minimum absolute atomic E-state index is 0.0355. The van der Waals surface area contributed by atoms with Gasteiger partial charge in [-0.25, -0.2) is 0 Å². The summed E-state index contributed by atoms with van der Waals surface area (Å²) in [5.41, 5.74) is 1.85. The third-order valence-electron chi connectivity index (χ3n) is 4.44. The van der Waals surface area contributed by atoms with Gasteiger partial charge in [-0.15, -0.1) is 11.8 Å². The molecular weight excluding hydrogens is 292 g/mol. The number of hydrogen-bond acceptors (Lipinski definition) is 3. The number of carbonyl (C=O) groups excluding carboxylic acids is 1. The normalized spacial score (nSPS) is 18.3. The van der Waals surface area contributed by atoms with Crippen molar-refractivity contribution in [3.05, 3.63) is 29.3 Å². The Labute approximate surface area is 137 Å². The Morgan fingerprint density at radius 1 is 1.27 bits per heavy atom. The quantitative estimate of drug-likeness (QED) is 0.850. The zero-order valence-corrected chi connectivity index (χ0v) is 14.4. The number of thioether (sulfide) groups is 1. The molecule has 1 N–H and O–H groups in total. The van der Waals surface area contributed by atoms with E-state index in [0.717, 1.165) is 37.0 Å². The summed E-state index contributed by atoms with van der Waals surface area (Å²) in [6, 6.07) is 8.59. The van der Waals surface area contributed by atoms with Crippen LogP contribution in [0.3, 0.4) is 0 Å². The summed E-state index contributed by atoms with van der Waals surface area (Å²) in [4.78, 5) is 13.5. The van der Waals surface area contributed by atoms with E-state index in [2.05, 4.69) is 43.4 Å². The first-order chi connectivity index (χ1) is 10.5. The van der Waals surface area contributed by atoms with Crippen molar-refractivity contribution in [1.82, 2.24) is 5.32 Å². The van der Waals surface area contributed by atoms with Gasteiger partial charge in [0.1, 0.15) is 5.54 Å². The number of nitriles is 1. The SMILES string of the molecule is Cc1ccc(S[C@@H](C)C(=O)NC2(C#N)CCCCC2)cc1C. The van der Waals surface area contributed by atoms with Crippen molar-refractivity contribution in [3.63, 3.8) is 0 Å². The van der Waals surface area contributed by atoms with Crippen LogP contribution in [-0.2, 0) is 4.79 Å². The summed E-state index contributed by atoms with van der Waals surface area (Å²) < 4.78 is 0. The number of aryl methyl sites for hydroxylation is 2. The molecule has 3 nitrogen and oxygen atoms in total. The summed E-state index contributed by atoms with van der Waals surface area (Å²) in [5.74, 6) is -0.0355. The molecule has 2 rings (SSSR count).